The van der Waals surface area contributed by atoms with Crippen LogP contribution in [0.25, 0.3) is 11.4 Å². The number of benzene rings is 2. The maximum Gasteiger partial charge on any atom is 0.246 e. The quantitative estimate of drug-likeness (QED) is 0.426. The molecular formula is C27H34N6O4. The standard InChI is InChI=1S/C27H34N6O4/c1-19-8-11-21(12-9-19)27-29-31-33(30-27)18-26(35)32(17-25(34)28-22-6-4-5-7-22)15-14-20-10-13-23(36-2)24(16-20)37-3/h8-13,16,22H,4-7,14-15,17-18H2,1-3H3,(H,28,34). The summed E-state index contributed by atoms with van der Waals surface area (Å²) in [4.78, 5) is 28.9. The third kappa shape index (κ3) is 7.05. The van der Waals surface area contributed by atoms with Gasteiger partial charge in [0.1, 0.15) is 6.54 Å². The zero-order chi connectivity index (χ0) is 26.2. The molecule has 1 aromatic heterocycles. The number of methoxy groups -OCH3 is 2. The van der Waals surface area contributed by atoms with Crippen LogP contribution in [0.2, 0.25) is 0 Å². The first-order valence-corrected chi connectivity index (χ1v) is 12.6. The molecule has 0 bridgehead atoms. The van der Waals surface area contributed by atoms with Gasteiger partial charge in [-0.3, -0.25) is 9.59 Å². The zero-order valence-corrected chi connectivity index (χ0v) is 21.6. The number of nitrogens with zero attached hydrogens (tertiary/aromatic N) is 5. The molecule has 3 aromatic rings. The summed E-state index contributed by atoms with van der Waals surface area (Å²) in [6, 6.07) is 13.6. The molecule has 0 spiro atoms. The van der Waals surface area contributed by atoms with E-state index in [-0.39, 0.29) is 30.9 Å². The second kappa shape index (κ2) is 12.3. The number of aryl methyl sites for hydroxylation is 1. The van der Waals surface area contributed by atoms with Gasteiger partial charge in [0.15, 0.2) is 11.5 Å². The minimum absolute atomic E-state index is 0.0257. The molecule has 1 aliphatic rings. The lowest BCUT2D eigenvalue weighted by atomic mass is 10.1. The highest BCUT2D eigenvalue weighted by atomic mass is 16.5. The number of rotatable bonds is 11. The molecule has 0 radical (unpaired) electrons. The molecule has 196 valence electrons. The van der Waals surface area contributed by atoms with E-state index in [0.717, 1.165) is 42.4 Å². The van der Waals surface area contributed by atoms with Crippen molar-refractivity contribution in [3.8, 4) is 22.9 Å². The van der Waals surface area contributed by atoms with Crippen LogP contribution in [-0.4, -0.2) is 70.3 Å². The number of carbonyl (C=O) groups excluding carboxylic acids is 2. The SMILES string of the molecule is COc1ccc(CCN(CC(=O)NC2CCCC2)C(=O)Cn2nnc(-c3ccc(C)cc3)n2)cc1OC. The van der Waals surface area contributed by atoms with Crippen LogP contribution in [-0.2, 0) is 22.6 Å². The summed E-state index contributed by atoms with van der Waals surface area (Å²) in [5, 5.41) is 15.6. The first kappa shape index (κ1) is 26.1. The predicted molar refractivity (Wildman–Crippen MR) is 138 cm³/mol. The Kier molecular flexibility index (Phi) is 8.71. The number of ether oxygens (including phenoxy) is 2. The van der Waals surface area contributed by atoms with Crippen molar-refractivity contribution in [2.45, 2.75) is 51.6 Å². The lowest BCUT2D eigenvalue weighted by molar-refractivity contribution is -0.137. The summed E-state index contributed by atoms with van der Waals surface area (Å²) in [5.74, 6) is 1.29. The van der Waals surface area contributed by atoms with E-state index < -0.39 is 0 Å². The lowest BCUT2D eigenvalue weighted by Gasteiger charge is -2.23. The summed E-state index contributed by atoms with van der Waals surface area (Å²) in [6.07, 6.45) is 4.75. The van der Waals surface area contributed by atoms with Crippen LogP contribution in [0.1, 0.15) is 36.8 Å². The predicted octanol–water partition coefficient (Wildman–Crippen LogP) is 2.80. The minimum atomic E-state index is -0.255. The third-order valence-electron chi connectivity index (χ3n) is 6.57. The summed E-state index contributed by atoms with van der Waals surface area (Å²) >= 11 is 0. The van der Waals surface area contributed by atoms with Gasteiger partial charge < -0.3 is 19.7 Å². The molecule has 0 aliphatic heterocycles. The van der Waals surface area contributed by atoms with Gasteiger partial charge in [-0.25, -0.2) is 0 Å². The van der Waals surface area contributed by atoms with Crippen LogP contribution in [0, 0.1) is 6.92 Å². The number of carbonyl (C=O) groups is 2. The fourth-order valence-corrected chi connectivity index (χ4v) is 4.46. The van der Waals surface area contributed by atoms with Gasteiger partial charge in [0.25, 0.3) is 0 Å². The van der Waals surface area contributed by atoms with Crippen LogP contribution in [0.15, 0.2) is 42.5 Å². The Morgan fingerprint density at radius 1 is 1.05 bits per heavy atom. The molecule has 2 aromatic carbocycles. The fraction of sp³-hybridized carbons (Fsp3) is 0.444. The molecule has 1 heterocycles. The van der Waals surface area contributed by atoms with Crippen molar-refractivity contribution >= 4 is 11.8 Å². The highest BCUT2D eigenvalue weighted by Crippen LogP contribution is 2.27. The fourth-order valence-electron chi connectivity index (χ4n) is 4.46. The number of hydrogen-bond acceptors (Lipinski definition) is 7. The largest absolute Gasteiger partial charge is 0.493 e. The summed E-state index contributed by atoms with van der Waals surface area (Å²) < 4.78 is 10.7. The monoisotopic (exact) mass is 506 g/mol. The van der Waals surface area contributed by atoms with Crippen molar-refractivity contribution in [2.24, 2.45) is 0 Å². The van der Waals surface area contributed by atoms with Crippen LogP contribution in [0.4, 0.5) is 0 Å². The average Bonchev–Trinajstić information content (AvgIpc) is 3.59. The van der Waals surface area contributed by atoms with Crippen LogP contribution in [0.3, 0.4) is 0 Å². The van der Waals surface area contributed by atoms with Gasteiger partial charge in [-0.1, -0.05) is 48.7 Å². The molecule has 37 heavy (non-hydrogen) atoms. The van der Waals surface area contributed by atoms with E-state index in [9.17, 15) is 9.59 Å². The third-order valence-corrected chi connectivity index (χ3v) is 6.57. The number of amides is 2. The van der Waals surface area contributed by atoms with Gasteiger partial charge in [0.2, 0.25) is 17.6 Å². The molecule has 1 aliphatic carbocycles. The Labute approximate surface area is 216 Å². The topological polar surface area (TPSA) is 111 Å². The summed E-state index contributed by atoms with van der Waals surface area (Å²) in [6.45, 7) is 2.22. The van der Waals surface area contributed by atoms with Gasteiger partial charge >= 0.3 is 0 Å². The average molecular weight is 507 g/mol. The highest BCUT2D eigenvalue weighted by Gasteiger charge is 2.22. The van der Waals surface area contributed by atoms with Crippen molar-refractivity contribution in [2.75, 3.05) is 27.3 Å². The first-order valence-electron chi connectivity index (χ1n) is 12.6. The van der Waals surface area contributed by atoms with Crippen molar-refractivity contribution in [1.29, 1.82) is 0 Å². The van der Waals surface area contributed by atoms with Gasteiger partial charge in [-0.2, -0.15) is 4.80 Å². The molecular weight excluding hydrogens is 472 g/mol. The summed E-state index contributed by atoms with van der Waals surface area (Å²) in [5.41, 5.74) is 2.92. The molecule has 10 nitrogen and oxygen atoms in total. The van der Waals surface area contributed by atoms with E-state index in [1.807, 2.05) is 49.4 Å². The van der Waals surface area contributed by atoms with E-state index in [4.69, 9.17) is 9.47 Å². The lowest BCUT2D eigenvalue weighted by Crippen LogP contribution is -2.45. The number of hydrogen-bond donors (Lipinski definition) is 1. The molecule has 0 unspecified atom stereocenters. The molecule has 4 rings (SSSR count). The van der Waals surface area contributed by atoms with Gasteiger partial charge in [0, 0.05) is 18.2 Å². The van der Waals surface area contributed by atoms with Crippen molar-refractivity contribution in [1.82, 2.24) is 30.4 Å². The Hall–Kier alpha value is -3.95. The molecule has 2 amide bonds. The second-order valence-electron chi connectivity index (χ2n) is 9.31. The zero-order valence-electron chi connectivity index (χ0n) is 21.6. The summed E-state index contributed by atoms with van der Waals surface area (Å²) in [7, 11) is 3.17. The normalized spacial score (nSPS) is 13.4. The number of tetrazole rings is 1. The number of nitrogens with one attached hydrogen (secondary N) is 1. The molecule has 0 saturated heterocycles. The van der Waals surface area contributed by atoms with Crippen LogP contribution in [0.5, 0.6) is 11.5 Å². The van der Waals surface area contributed by atoms with Gasteiger partial charge in [0.05, 0.1) is 20.8 Å². The Balaban J connectivity index is 1.44. The maximum atomic E-state index is 13.3. The molecule has 10 heteroatoms. The first-order chi connectivity index (χ1) is 17.9. The van der Waals surface area contributed by atoms with Gasteiger partial charge in [-0.05, 0) is 49.1 Å². The molecule has 0 atom stereocenters. The van der Waals surface area contributed by atoms with Crippen molar-refractivity contribution < 1.29 is 19.1 Å². The van der Waals surface area contributed by atoms with E-state index >= 15 is 0 Å². The van der Waals surface area contributed by atoms with Crippen LogP contribution < -0.4 is 14.8 Å². The highest BCUT2D eigenvalue weighted by molar-refractivity contribution is 5.84. The number of aromatic nitrogens is 4. The minimum Gasteiger partial charge on any atom is -0.493 e. The second-order valence-corrected chi connectivity index (χ2v) is 9.31. The van der Waals surface area contributed by atoms with E-state index in [1.54, 1.807) is 19.1 Å². The maximum absolute atomic E-state index is 13.3. The van der Waals surface area contributed by atoms with Crippen LogP contribution >= 0.6 is 0 Å². The Bertz CT molecular complexity index is 1200. The molecule has 1 fully saturated rings. The van der Waals surface area contributed by atoms with E-state index in [0.29, 0.717) is 30.3 Å². The van der Waals surface area contributed by atoms with E-state index in [2.05, 4.69) is 20.7 Å². The van der Waals surface area contributed by atoms with Crippen molar-refractivity contribution in [3.05, 3.63) is 53.6 Å². The Morgan fingerprint density at radius 2 is 1.78 bits per heavy atom. The van der Waals surface area contributed by atoms with Crippen molar-refractivity contribution in [3.63, 3.8) is 0 Å². The Morgan fingerprint density at radius 3 is 2.49 bits per heavy atom. The molecule has 1 N–H and O–H groups in total. The van der Waals surface area contributed by atoms with E-state index in [1.165, 1.54) is 4.80 Å². The molecule has 1 saturated carbocycles. The van der Waals surface area contributed by atoms with Gasteiger partial charge in [-0.15, -0.1) is 10.2 Å². The smallest absolute Gasteiger partial charge is 0.246 e.